The molecule has 0 unspecified atom stereocenters. The van der Waals surface area contributed by atoms with Crippen LogP contribution in [0.2, 0.25) is 0 Å². The number of aromatic hydroxyl groups is 3. The minimum Gasteiger partial charge on any atom is -0.508 e. The summed E-state index contributed by atoms with van der Waals surface area (Å²) in [6.07, 6.45) is 2.40. The molecule has 164 valence electrons. The molecule has 0 aromatic heterocycles. The second-order valence-electron chi connectivity index (χ2n) is 7.05. The average Bonchev–Trinajstić information content (AvgIpc) is 2.79. The number of ketones is 2. The van der Waals surface area contributed by atoms with Gasteiger partial charge in [0.05, 0.1) is 10.5 Å². The topological polar surface area (TPSA) is 165 Å². The van der Waals surface area contributed by atoms with E-state index in [1.54, 1.807) is 0 Å². The van der Waals surface area contributed by atoms with Gasteiger partial charge in [-0.2, -0.15) is 4.79 Å². The summed E-state index contributed by atoms with van der Waals surface area (Å²) >= 11 is 0. The quantitative estimate of drug-likeness (QED) is 0.304. The summed E-state index contributed by atoms with van der Waals surface area (Å²) in [5.41, 5.74) is 8.26. The Bertz CT molecular complexity index is 1530. The van der Waals surface area contributed by atoms with E-state index in [1.165, 1.54) is 48.5 Å². The Kier molecular flexibility index (Phi) is 5.17. The van der Waals surface area contributed by atoms with Gasteiger partial charge in [0.15, 0.2) is 10.7 Å². The second kappa shape index (κ2) is 7.86. The number of hydrogen-bond acceptors (Lipinski definition) is 7. The van der Waals surface area contributed by atoms with Crippen LogP contribution in [0.15, 0.2) is 70.5 Å². The lowest BCUT2D eigenvalue weighted by molar-refractivity contribution is -0.00436. The van der Waals surface area contributed by atoms with E-state index in [1.807, 2.05) is 0 Å². The van der Waals surface area contributed by atoms with Gasteiger partial charge >= 0.3 is 5.71 Å². The van der Waals surface area contributed by atoms with Crippen molar-refractivity contribution >= 4 is 33.2 Å². The number of hydrogen-bond donors (Lipinski definition) is 3. The minimum atomic E-state index is -4.63. The number of carbonyl (C=O) groups is 2. The first kappa shape index (κ1) is 21.7. The summed E-state index contributed by atoms with van der Waals surface area (Å²) < 4.78 is 26.9. The fourth-order valence-electron chi connectivity index (χ4n) is 3.49. The van der Waals surface area contributed by atoms with E-state index >= 15 is 0 Å². The number of nitrogens with zero attached hydrogens (tertiary/aromatic N) is 2. The molecule has 10 heteroatoms. The molecule has 0 aliphatic heterocycles. The Hall–Kier alpha value is -4.53. The minimum absolute atomic E-state index is 0.0241. The number of benzene rings is 3. The smallest absolute Gasteiger partial charge is 0.362 e. The van der Waals surface area contributed by atoms with Crippen LogP contribution < -0.4 is 0 Å². The highest BCUT2D eigenvalue weighted by Gasteiger charge is 2.34. The molecule has 3 N–H and O–H groups in total. The first-order valence-electron chi connectivity index (χ1n) is 9.38. The molecule has 0 saturated carbocycles. The van der Waals surface area contributed by atoms with Crippen molar-refractivity contribution in [3.05, 3.63) is 88.5 Å². The van der Waals surface area contributed by atoms with Crippen molar-refractivity contribution < 1.29 is 38.1 Å². The summed E-state index contributed by atoms with van der Waals surface area (Å²) in [5.74, 6) is -3.30. The predicted molar refractivity (Wildman–Crippen MR) is 115 cm³/mol. The molecule has 0 heterocycles. The lowest BCUT2D eigenvalue weighted by Crippen LogP contribution is -2.19. The molecule has 0 fully saturated rings. The molecule has 4 rings (SSSR count). The van der Waals surface area contributed by atoms with E-state index in [0.717, 1.165) is 18.2 Å². The van der Waals surface area contributed by atoms with Gasteiger partial charge in [0.1, 0.15) is 17.2 Å². The lowest BCUT2D eigenvalue weighted by atomic mass is 9.95. The molecular formula is C23H14N2O7S. The Morgan fingerprint density at radius 2 is 1.61 bits per heavy atom. The van der Waals surface area contributed by atoms with Crippen molar-refractivity contribution in [3.8, 4) is 17.2 Å². The summed E-state index contributed by atoms with van der Waals surface area (Å²) in [6.45, 7) is 0. The molecule has 0 radical (unpaired) electrons. The van der Waals surface area contributed by atoms with Crippen LogP contribution in [0.4, 0.5) is 0 Å². The van der Waals surface area contributed by atoms with Crippen LogP contribution in [0.1, 0.15) is 31.8 Å². The van der Waals surface area contributed by atoms with E-state index in [4.69, 9.17) is 5.53 Å². The molecule has 1 aliphatic rings. The zero-order valence-electron chi connectivity index (χ0n) is 16.6. The Morgan fingerprint density at radius 1 is 0.909 bits per heavy atom. The predicted octanol–water partition coefficient (Wildman–Crippen LogP) is 2.75. The van der Waals surface area contributed by atoms with Gasteiger partial charge in [0, 0.05) is 22.8 Å². The van der Waals surface area contributed by atoms with Crippen LogP contribution >= 0.6 is 0 Å². The summed E-state index contributed by atoms with van der Waals surface area (Å²) in [5, 5.41) is 30.5. The number of allylic oxidation sites excluding steroid dienone is 1. The van der Waals surface area contributed by atoms with E-state index < -0.39 is 42.7 Å². The van der Waals surface area contributed by atoms with E-state index in [0.29, 0.717) is 0 Å². The third-order valence-corrected chi connectivity index (χ3v) is 6.98. The zero-order valence-corrected chi connectivity index (χ0v) is 17.4. The molecule has 0 saturated heterocycles. The summed E-state index contributed by atoms with van der Waals surface area (Å²) in [6, 6.07) is 11.0. The molecule has 0 amide bonds. The first-order valence-corrected chi connectivity index (χ1v) is 10.9. The molecule has 1 aliphatic carbocycles. The first-order chi connectivity index (χ1) is 15.7. The molecule has 3 aromatic carbocycles. The number of rotatable bonds is 4. The Morgan fingerprint density at radius 3 is 2.27 bits per heavy atom. The number of sulfone groups is 1. The number of phenolic OH excluding ortho intramolecular Hbond substituents is 3. The third kappa shape index (κ3) is 3.49. The molecule has 9 nitrogen and oxygen atoms in total. The van der Waals surface area contributed by atoms with Crippen LogP contribution in [0.3, 0.4) is 0 Å². The van der Waals surface area contributed by atoms with Gasteiger partial charge in [0.2, 0.25) is 9.84 Å². The van der Waals surface area contributed by atoms with Crippen molar-refractivity contribution in [1.82, 2.24) is 0 Å². The van der Waals surface area contributed by atoms with Crippen molar-refractivity contribution in [2.24, 2.45) is 0 Å². The largest absolute Gasteiger partial charge is 0.508 e. The second-order valence-corrected chi connectivity index (χ2v) is 8.91. The Labute approximate surface area is 187 Å². The van der Waals surface area contributed by atoms with E-state index in [2.05, 4.69) is 4.79 Å². The fourth-order valence-corrected chi connectivity index (χ4v) is 5.14. The van der Waals surface area contributed by atoms with Crippen LogP contribution in [0.25, 0.3) is 11.6 Å². The molecular weight excluding hydrogens is 448 g/mol. The van der Waals surface area contributed by atoms with Crippen LogP contribution in [-0.2, 0) is 9.84 Å². The monoisotopic (exact) mass is 462 g/mol. The SMILES string of the molecule is [N-]=[N+]=C1C=Cc2c(cccc2S(=O)(=O)c2c(O)ccc(C(=O)c3ccc(O)cc3)c2O)C1=O. The zero-order chi connectivity index (χ0) is 23.9. The average molecular weight is 462 g/mol. The molecule has 33 heavy (non-hydrogen) atoms. The van der Waals surface area contributed by atoms with Gasteiger partial charge < -0.3 is 20.9 Å². The Balaban J connectivity index is 1.90. The highest BCUT2D eigenvalue weighted by molar-refractivity contribution is 7.91. The summed E-state index contributed by atoms with van der Waals surface area (Å²) in [7, 11) is -4.63. The number of Topliss-reactive ketones (excluding diaryl/α,β-unsaturated/α-hetero) is 1. The van der Waals surface area contributed by atoms with E-state index in [9.17, 15) is 33.3 Å². The normalized spacial score (nSPS) is 12.8. The van der Waals surface area contributed by atoms with Crippen LogP contribution in [0, 0.1) is 0 Å². The van der Waals surface area contributed by atoms with Gasteiger partial charge in [0.25, 0.3) is 5.78 Å². The number of phenols is 3. The highest BCUT2D eigenvalue weighted by atomic mass is 32.2. The maximum Gasteiger partial charge on any atom is 0.362 e. The fraction of sp³-hybridized carbons (Fsp3) is 0. The van der Waals surface area contributed by atoms with Gasteiger partial charge in [-0.3, -0.25) is 9.59 Å². The van der Waals surface area contributed by atoms with Crippen molar-refractivity contribution in [3.63, 3.8) is 0 Å². The van der Waals surface area contributed by atoms with Crippen LogP contribution in [0.5, 0.6) is 17.2 Å². The molecule has 0 bridgehead atoms. The molecule has 0 atom stereocenters. The summed E-state index contributed by atoms with van der Waals surface area (Å²) in [4.78, 5) is 26.8. The van der Waals surface area contributed by atoms with Gasteiger partial charge in [-0.25, -0.2) is 8.42 Å². The lowest BCUT2D eigenvalue weighted by Gasteiger charge is -2.16. The third-order valence-electron chi connectivity index (χ3n) is 5.10. The van der Waals surface area contributed by atoms with Crippen molar-refractivity contribution in [2.45, 2.75) is 9.79 Å². The van der Waals surface area contributed by atoms with Crippen molar-refractivity contribution in [1.29, 1.82) is 0 Å². The maximum atomic E-state index is 13.5. The van der Waals surface area contributed by atoms with Gasteiger partial charge in [-0.15, -0.1) is 0 Å². The van der Waals surface area contributed by atoms with Gasteiger partial charge in [-0.1, -0.05) is 12.1 Å². The van der Waals surface area contributed by atoms with E-state index in [-0.39, 0.29) is 33.7 Å². The van der Waals surface area contributed by atoms with Crippen molar-refractivity contribution in [2.75, 3.05) is 0 Å². The van der Waals surface area contributed by atoms with Gasteiger partial charge in [-0.05, 0) is 48.5 Å². The standard InChI is InChI=1S/C23H14N2O7S/c24-25-17-10-8-14-15(21(17)29)2-1-3-19(14)33(31,32)23-18(27)11-9-16(22(23)30)20(28)12-4-6-13(26)7-5-12/h1-11,26-27,30H. The maximum absolute atomic E-state index is 13.5. The molecule has 0 spiro atoms. The number of fused-ring (bicyclic) bond motifs is 1. The van der Waals surface area contributed by atoms with Crippen LogP contribution in [-0.4, -0.2) is 45.8 Å². The highest BCUT2D eigenvalue weighted by Crippen LogP contribution is 2.41. The molecule has 3 aromatic rings. The number of carbonyl (C=O) groups excluding carboxylic acids is 2.